The monoisotopic (exact) mass is 388 g/mol. The predicted octanol–water partition coefficient (Wildman–Crippen LogP) is 2.58. The number of anilines is 2. The SMILES string of the molecule is CC(C)C(NC(=O)C1CCCCC1)C(=O)Nc1ccc(N2CCOCC2)nc1. The Hall–Kier alpha value is -2.15. The summed E-state index contributed by atoms with van der Waals surface area (Å²) >= 11 is 0. The molecule has 1 aliphatic heterocycles. The smallest absolute Gasteiger partial charge is 0.247 e. The van der Waals surface area contributed by atoms with E-state index >= 15 is 0 Å². The second kappa shape index (κ2) is 9.87. The van der Waals surface area contributed by atoms with E-state index in [1.54, 1.807) is 6.20 Å². The van der Waals surface area contributed by atoms with Crippen molar-refractivity contribution in [3.63, 3.8) is 0 Å². The van der Waals surface area contributed by atoms with Crippen molar-refractivity contribution in [2.45, 2.75) is 52.0 Å². The second-order valence-electron chi connectivity index (χ2n) is 8.06. The molecule has 7 heteroatoms. The summed E-state index contributed by atoms with van der Waals surface area (Å²) in [6.45, 7) is 6.95. The number of aromatic nitrogens is 1. The number of ether oxygens (including phenoxy) is 1. The van der Waals surface area contributed by atoms with Crippen LogP contribution in [0.15, 0.2) is 18.3 Å². The standard InChI is InChI=1S/C21H32N4O3/c1-15(2)19(24-20(26)16-6-4-3-5-7-16)21(27)23-17-8-9-18(22-14-17)25-10-12-28-13-11-25/h8-9,14-16,19H,3-7,10-13H2,1-2H3,(H,23,27)(H,24,26). The highest BCUT2D eigenvalue weighted by molar-refractivity contribution is 5.97. The van der Waals surface area contributed by atoms with Crippen LogP contribution in [-0.4, -0.2) is 49.1 Å². The van der Waals surface area contributed by atoms with Gasteiger partial charge in [-0.15, -0.1) is 0 Å². The number of hydrogen-bond acceptors (Lipinski definition) is 5. The van der Waals surface area contributed by atoms with E-state index in [0.717, 1.165) is 44.6 Å². The minimum Gasteiger partial charge on any atom is -0.378 e. The summed E-state index contributed by atoms with van der Waals surface area (Å²) in [6, 6.07) is 3.22. The highest BCUT2D eigenvalue weighted by Gasteiger charge is 2.28. The van der Waals surface area contributed by atoms with E-state index in [1.165, 1.54) is 6.42 Å². The van der Waals surface area contributed by atoms with E-state index in [1.807, 2.05) is 26.0 Å². The first-order chi connectivity index (χ1) is 13.5. The molecule has 1 saturated heterocycles. The zero-order valence-corrected chi connectivity index (χ0v) is 16.9. The summed E-state index contributed by atoms with van der Waals surface area (Å²) in [5.74, 6) is 0.743. The molecule has 28 heavy (non-hydrogen) atoms. The third-order valence-electron chi connectivity index (χ3n) is 5.57. The van der Waals surface area contributed by atoms with E-state index in [2.05, 4.69) is 20.5 Å². The van der Waals surface area contributed by atoms with Crippen molar-refractivity contribution in [3.05, 3.63) is 18.3 Å². The number of carbonyl (C=O) groups excluding carboxylic acids is 2. The summed E-state index contributed by atoms with van der Waals surface area (Å²) in [4.78, 5) is 32.0. The van der Waals surface area contributed by atoms with Gasteiger partial charge in [0.2, 0.25) is 11.8 Å². The molecule has 1 aromatic heterocycles. The number of nitrogens with zero attached hydrogens (tertiary/aromatic N) is 2. The van der Waals surface area contributed by atoms with Crippen molar-refractivity contribution in [2.24, 2.45) is 11.8 Å². The Bertz CT molecular complexity index is 650. The van der Waals surface area contributed by atoms with Crippen molar-refractivity contribution in [3.8, 4) is 0 Å². The summed E-state index contributed by atoms with van der Waals surface area (Å²) in [6.07, 6.45) is 6.90. The van der Waals surface area contributed by atoms with Crippen molar-refractivity contribution >= 4 is 23.3 Å². The average molecular weight is 389 g/mol. The van der Waals surface area contributed by atoms with Crippen LogP contribution in [0.2, 0.25) is 0 Å². The molecule has 0 aromatic carbocycles. The summed E-state index contributed by atoms with van der Waals surface area (Å²) < 4.78 is 5.36. The van der Waals surface area contributed by atoms with Crippen LogP contribution in [0.3, 0.4) is 0 Å². The van der Waals surface area contributed by atoms with Gasteiger partial charge in [-0.3, -0.25) is 9.59 Å². The number of hydrogen-bond donors (Lipinski definition) is 2. The van der Waals surface area contributed by atoms with Crippen molar-refractivity contribution in [1.82, 2.24) is 10.3 Å². The van der Waals surface area contributed by atoms with Gasteiger partial charge in [0.05, 0.1) is 25.1 Å². The van der Waals surface area contributed by atoms with Crippen LogP contribution >= 0.6 is 0 Å². The number of carbonyl (C=O) groups is 2. The molecule has 1 aliphatic carbocycles. The maximum absolute atomic E-state index is 12.8. The Morgan fingerprint density at radius 2 is 1.86 bits per heavy atom. The lowest BCUT2D eigenvalue weighted by Crippen LogP contribution is -2.49. The van der Waals surface area contributed by atoms with Gasteiger partial charge >= 0.3 is 0 Å². The fourth-order valence-corrected chi connectivity index (χ4v) is 3.83. The minimum absolute atomic E-state index is 0.00752. The Balaban J connectivity index is 1.57. The van der Waals surface area contributed by atoms with Gasteiger partial charge in [-0.05, 0) is 30.9 Å². The van der Waals surface area contributed by atoms with Gasteiger partial charge in [0.15, 0.2) is 0 Å². The molecule has 0 bridgehead atoms. The van der Waals surface area contributed by atoms with Crippen LogP contribution < -0.4 is 15.5 Å². The normalized spacial score (nSPS) is 19.3. The first kappa shape index (κ1) is 20.6. The fraction of sp³-hybridized carbons (Fsp3) is 0.667. The third kappa shape index (κ3) is 5.44. The largest absolute Gasteiger partial charge is 0.378 e. The lowest BCUT2D eigenvalue weighted by Gasteiger charge is -2.28. The van der Waals surface area contributed by atoms with Crippen LogP contribution in [0.4, 0.5) is 11.5 Å². The Morgan fingerprint density at radius 3 is 2.46 bits per heavy atom. The minimum atomic E-state index is -0.548. The molecule has 154 valence electrons. The maximum Gasteiger partial charge on any atom is 0.247 e. The zero-order valence-electron chi connectivity index (χ0n) is 16.9. The highest BCUT2D eigenvalue weighted by Crippen LogP contribution is 2.24. The summed E-state index contributed by atoms with van der Waals surface area (Å²) in [5, 5.41) is 5.88. The lowest BCUT2D eigenvalue weighted by atomic mass is 9.88. The average Bonchev–Trinajstić information content (AvgIpc) is 2.73. The maximum atomic E-state index is 12.8. The van der Waals surface area contributed by atoms with Gasteiger partial charge in [0.25, 0.3) is 0 Å². The van der Waals surface area contributed by atoms with E-state index in [4.69, 9.17) is 4.74 Å². The zero-order chi connectivity index (χ0) is 19.9. The van der Waals surface area contributed by atoms with Gasteiger partial charge in [0, 0.05) is 19.0 Å². The van der Waals surface area contributed by atoms with Crippen LogP contribution in [0.25, 0.3) is 0 Å². The predicted molar refractivity (Wildman–Crippen MR) is 109 cm³/mol. The van der Waals surface area contributed by atoms with Crippen LogP contribution in [0.5, 0.6) is 0 Å². The van der Waals surface area contributed by atoms with Crippen LogP contribution in [0, 0.1) is 11.8 Å². The van der Waals surface area contributed by atoms with Crippen molar-refractivity contribution in [2.75, 3.05) is 36.5 Å². The lowest BCUT2D eigenvalue weighted by molar-refractivity contribution is -0.130. The Morgan fingerprint density at radius 1 is 1.14 bits per heavy atom. The van der Waals surface area contributed by atoms with Gasteiger partial charge in [-0.25, -0.2) is 4.98 Å². The van der Waals surface area contributed by atoms with Crippen molar-refractivity contribution in [1.29, 1.82) is 0 Å². The molecule has 7 nitrogen and oxygen atoms in total. The summed E-state index contributed by atoms with van der Waals surface area (Å²) in [7, 11) is 0. The molecule has 0 radical (unpaired) electrons. The molecule has 1 aromatic rings. The number of nitrogens with one attached hydrogen (secondary N) is 2. The molecule has 1 unspecified atom stereocenters. The number of rotatable bonds is 6. The molecule has 2 N–H and O–H groups in total. The van der Waals surface area contributed by atoms with E-state index < -0.39 is 6.04 Å². The van der Waals surface area contributed by atoms with E-state index in [-0.39, 0.29) is 23.7 Å². The van der Waals surface area contributed by atoms with Gasteiger partial charge in [0.1, 0.15) is 11.9 Å². The first-order valence-corrected chi connectivity index (χ1v) is 10.4. The number of pyridine rings is 1. The van der Waals surface area contributed by atoms with E-state index in [0.29, 0.717) is 18.9 Å². The second-order valence-corrected chi connectivity index (χ2v) is 8.06. The quantitative estimate of drug-likeness (QED) is 0.783. The molecule has 2 heterocycles. The van der Waals surface area contributed by atoms with Gasteiger partial charge < -0.3 is 20.3 Å². The van der Waals surface area contributed by atoms with Crippen LogP contribution in [0.1, 0.15) is 46.0 Å². The topological polar surface area (TPSA) is 83.6 Å². The molecule has 1 atom stereocenters. The Labute approximate surface area is 167 Å². The summed E-state index contributed by atoms with van der Waals surface area (Å²) in [5.41, 5.74) is 0.638. The molecular formula is C21H32N4O3. The third-order valence-corrected chi connectivity index (χ3v) is 5.57. The molecule has 2 aliphatic rings. The van der Waals surface area contributed by atoms with Crippen LogP contribution in [-0.2, 0) is 14.3 Å². The molecule has 1 saturated carbocycles. The Kier molecular flexibility index (Phi) is 7.25. The number of morpholine rings is 1. The molecule has 2 fully saturated rings. The molecular weight excluding hydrogens is 356 g/mol. The number of amides is 2. The van der Waals surface area contributed by atoms with Gasteiger partial charge in [-0.2, -0.15) is 0 Å². The fourth-order valence-electron chi connectivity index (χ4n) is 3.83. The van der Waals surface area contributed by atoms with E-state index in [9.17, 15) is 9.59 Å². The first-order valence-electron chi connectivity index (χ1n) is 10.4. The molecule has 0 spiro atoms. The molecule has 2 amide bonds. The molecule has 3 rings (SSSR count). The van der Waals surface area contributed by atoms with Gasteiger partial charge in [-0.1, -0.05) is 33.1 Å². The highest BCUT2D eigenvalue weighted by atomic mass is 16.5. The van der Waals surface area contributed by atoms with Crippen molar-refractivity contribution < 1.29 is 14.3 Å².